The van der Waals surface area contributed by atoms with Crippen LogP contribution in [-0.4, -0.2) is 80.2 Å². The predicted octanol–water partition coefficient (Wildman–Crippen LogP) is 2.77. The second-order valence-corrected chi connectivity index (χ2v) is 8.42. The van der Waals surface area contributed by atoms with Crippen molar-refractivity contribution in [3.63, 3.8) is 0 Å². The van der Waals surface area contributed by atoms with Crippen molar-refractivity contribution in [2.75, 3.05) is 53.6 Å². The number of carbonyl (C=O) groups is 2. The van der Waals surface area contributed by atoms with Gasteiger partial charge >= 0.3 is 0 Å². The van der Waals surface area contributed by atoms with Crippen molar-refractivity contribution in [1.29, 1.82) is 0 Å². The molecule has 0 aliphatic carbocycles. The predicted molar refractivity (Wildman–Crippen MR) is 127 cm³/mol. The van der Waals surface area contributed by atoms with Crippen molar-refractivity contribution >= 4 is 17.4 Å². The first-order valence-corrected chi connectivity index (χ1v) is 11.3. The number of hydrogen-bond donors (Lipinski definition) is 1. The van der Waals surface area contributed by atoms with Crippen LogP contribution in [0.25, 0.3) is 5.76 Å². The molecule has 1 N–H and O–H groups in total. The zero-order chi connectivity index (χ0) is 24.2. The van der Waals surface area contributed by atoms with Crippen LogP contribution in [0.1, 0.15) is 22.7 Å². The lowest BCUT2D eigenvalue weighted by atomic mass is 9.94. The number of aliphatic hydroxyl groups excluding tert-OH is 1. The van der Waals surface area contributed by atoms with E-state index in [9.17, 15) is 14.7 Å². The molecule has 4 rings (SSSR count). The number of rotatable bonds is 7. The molecule has 8 heteroatoms. The van der Waals surface area contributed by atoms with Crippen molar-refractivity contribution in [3.8, 4) is 11.5 Å². The highest BCUT2D eigenvalue weighted by Crippen LogP contribution is 2.43. The van der Waals surface area contributed by atoms with Crippen molar-refractivity contribution in [1.82, 2.24) is 9.80 Å². The fraction of sp³-hybridized carbons (Fsp3) is 0.385. The molecule has 2 aromatic carbocycles. The molecule has 1 amide bonds. The number of methoxy groups -OCH3 is 2. The average Bonchev–Trinajstić information content (AvgIpc) is 3.12. The van der Waals surface area contributed by atoms with Gasteiger partial charge in [0.15, 0.2) is 0 Å². The summed E-state index contributed by atoms with van der Waals surface area (Å²) in [6, 6.07) is 11.7. The molecular formula is C26H30N2O6. The van der Waals surface area contributed by atoms with Gasteiger partial charge < -0.3 is 24.2 Å². The van der Waals surface area contributed by atoms with E-state index in [1.54, 1.807) is 37.4 Å². The summed E-state index contributed by atoms with van der Waals surface area (Å²) in [5, 5.41) is 11.2. The number of amides is 1. The normalized spacial score (nSPS) is 20.6. The summed E-state index contributed by atoms with van der Waals surface area (Å²) >= 11 is 0. The van der Waals surface area contributed by atoms with Crippen molar-refractivity contribution < 1.29 is 28.9 Å². The van der Waals surface area contributed by atoms with E-state index in [-0.39, 0.29) is 11.3 Å². The van der Waals surface area contributed by atoms with Gasteiger partial charge in [-0.25, -0.2) is 0 Å². The standard InChI is InChI=1S/C26H30N2O6/c1-17-4-6-18(7-5-17)24(29)22-23(20-9-8-19(32-2)16-21(20)33-3)28(26(31)25(22)30)11-10-27-12-14-34-15-13-27/h4-9,16,23,29H,10-15H2,1-3H3/b24-22+/t23-/m0/s1. The van der Waals surface area contributed by atoms with Gasteiger partial charge in [0.05, 0.1) is 39.0 Å². The maximum atomic E-state index is 13.2. The summed E-state index contributed by atoms with van der Waals surface area (Å²) in [6.45, 7) is 5.68. The molecule has 2 fully saturated rings. The third kappa shape index (κ3) is 4.64. The minimum Gasteiger partial charge on any atom is -0.507 e. The number of hydrogen-bond acceptors (Lipinski definition) is 7. The van der Waals surface area contributed by atoms with Gasteiger partial charge in [-0.2, -0.15) is 0 Å². The Balaban J connectivity index is 1.79. The van der Waals surface area contributed by atoms with E-state index in [0.717, 1.165) is 18.7 Å². The van der Waals surface area contributed by atoms with Gasteiger partial charge in [-0.1, -0.05) is 29.8 Å². The highest BCUT2D eigenvalue weighted by Gasteiger charge is 2.47. The van der Waals surface area contributed by atoms with E-state index >= 15 is 0 Å². The van der Waals surface area contributed by atoms with E-state index in [1.807, 2.05) is 19.1 Å². The Morgan fingerprint density at radius 1 is 1.03 bits per heavy atom. The number of carbonyl (C=O) groups excluding carboxylic acids is 2. The minimum atomic E-state index is -0.789. The molecule has 0 radical (unpaired) electrons. The lowest BCUT2D eigenvalue weighted by Crippen LogP contribution is -2.42. The van der Waals surface area contributed by atoms with Gasteiger partial charge in [-0.3, -0.25) is 14.5 Å². The van der Waals surface area contributed by atoms with Gasteiger partial charge in [0.1, 0.15) is 17.3 Å². The summed E-state index contributed by atoms with van der Waals surface area (Å²) in [7, 11) is 3.08. The number of ether oxygens (including phenoxy) is 3. The Labute approximate surface area is 199 Å². The molecule has 2 aliphatic heterocycles. The third-order valence-corrected chi connectivity index (χ3v) is 6.36. The molecule has 180 valence electrons. The maximum Gasteiger partial charge on any atom is 0.295 e. The minimum absolute atomic E-state index is 0.0549. The molecule has 0 saturated carbocycles. The number of aliphatic hydroxyl groups is 1. The van der Waals surface area contributed by atoms with Gasteiger partial charge in [0.25, 0.3) is 11.7 Å². The first kappa shape index (κ1) is 23.8. The number of benzene rings is 2. The fourth-order valence-electron chi connectivity index (χ4n) is 4.42. The summed E-state index contributed by atoms with van der Waals surface area (Å²) < 4.78 is 16.3. The summed E-state index contributed by atoms with van der Waals surface area (Å²) in [6.07, 6.45) is 0. The molecule has 0 unspecified atom stereocenters. The van der Waals surface area contributed by atoms with Crippen LogP contribution in [0.5, 0.6) is 11.5 Å². The summed E-state index contributed by atoms with van der Waals surface area (Å²) in [5.41, 5.74) is 2.17. The quantitative estimate of drug-likeness (QED) is 0.381. The lowest BCUT2D eigenvalue weighted by molar-refractivity contribution is -0.140. The number of ketones is 1. The Morgan fingerprint density at radius 2 is 1.74 bits per heavy atom. The smallest absolute Gasteiger partial charge is 0.295 e. The number of likely N-dealkylation sites (tertiary alicyclic amines) is 1. The summed E-state index contributed by atoms with van der Waals surface area (Å²) in [4.78, 5) is 30.2. The molecule has 0 spiro atoms. The molecule has 2 aromatic rings. The van der Waals surface area contributed by atoms with Crippen LogP contribution in [0, 0.1) is 6.92 Å². The van der Waals surface area contributed by atoms with Crippen molar-refractivity contribution in [3.05, 3.63) is 64.7 Å². The van der Waals surface area contributed by atoms with Gasteiger partial charge in [0, 0.05) is 43.4 Å². The first-order valence-electron chi connectivity index (χ1n) is 11.3. The SMILES string of the molecule is COc1ccc([C@H]2/C(=C(\O)c3ccc(C)cc3)C(=O)C(=O)N2CCN2CCOCC2)c(OC)c1. The lowest BCUT2D eigenvalue weighted by Gasteiger charge is -2.31. The number of nitrogens with zero attached hydrogens (tertiary/aromatic N) is 2. The summed E-state index contributed by atoms with van der Waals surface area (Å²) in [5.74, 6) is -0.482. The second kappa shape index (κ2) is 10.3. The van der Waals surface area contributed by atoms with Gasteiger partial charge in [-0.05, 0) is 19.1 Å². The molecule has 2 saturated heterocycles. The second-order valence-electron chi connectivity index (χ2n) is 8.42. The molecule has 2 heterocycles. The van der Waals surface area contributed by atoms with E-state index in [2.05, 4.69) is 4.90 Å². The maximum absolute atomic E-state index is 13.2. The Kier molecular flexibility index (Phi) is 7.19. The van der Waals surface area contributed by atoms with E-state index in [0.29, 0.717) is 48.9 Å². The van der Waals surface area contributed by atoms with E-state index in [4.69, 9.17) is 14.2 Å². The fourth-order valence-corrected chi connectivity index (χ4v) is 4.42. The molecule has 34 heavy (non-hydrogen) atoms. The number of morpholine rings is 1. The Bertz CT molecular complexity index is 1090. The van der Waals surface area contributed by atoms with Gasteiger partial charge in [-0.15, -0.1) is 0 Å². The van der Waals surface area contributed by atoms with Gasteiger partial charge in [0.2, 0.25) is 0 Å². The van der Waals surface area contributed by atoms with Crippen LogP contribution in [-0.2, 0) is 14.3 Å². The first-order chi connectivity index (χ1) is 16.4. The zero-order valence-corrected chi connectivity index (χ0v) is 19.7. The van der Waals surface area contributed by atoms with E-state index in [1.165, 1.54) is 12.0 Å². The molecule has 2 aliphatic rings. The van der Waals surface area contributed by atoms with Crippen LogP contribution < -0.4 is 9.47 Å². The molecule has 8 nitrogen and oxygen atoms in total. The molecule has 0 aromatic heterocycles. The van der Waals surface area contributed by atoms with Crippen LogP contribution >= 0.6 is 0 Å². The van der Waals surface area contributed by atoms with Crippen LogP contribution in [0.2, 0.25) is 0 Å². The zero-order valence-electron chi connectivity index (χ0n) is 19.7. The number of Topliss-reactive ketones (excluding diaryl/α,β-unsaturated/α-hetero) is 1. The third-order valence-electron chi connectivity index (χ3n) is 6.36. The average molecular weight is 467 g/mol. The van der Waals surface area contributed by atoms with Crippen molar-refractivity contribution in [2.45, 2.75) is 13.0 Å². The Morgan fingerprint density at radius 3 is 2.38 bits per heavy atom. The van der Waals surface area contributed by atoms with Crippen LogP contribution in [0.15, 0.2) is 48.0 Å². The highest BCUT2D eigenvalue weighted by atomic mass is 16.5. The number of aryl methyl sites for hydroxylation is 1. The van der Waals surface area contributed by atoms with Crippen molar-refractivity contribution in [2.24, 2.45) is 0 Å². The van der Waals surface area contributed by atoms with Crippen LogP contribution in [0.3, 0.4) is 0 Å². The molecule has 0 bridgehead atoms. The topological polar surface area (TPSA) is 88.5 Å². The Hall–Kier alpha value is -3.36. The van der Waals surface area contributed by atoms with Crippen LogP contribution in [0.4, 0.5) is 0 Å². The molecule has 1 atom stereocenters. The largest absolute Gasteiger partial charge is 0.507 e. The molecular weight excluding hydrogens is 436 g/mol. The van der Waals surface area contributed by atoms with E-state index < -0.39 is 17.7 Å². The highest BCUT2D eigenvalue weighted by molar-refractivity contribution is 6.46. The monoisotopic (exact) mass is 466 g/mol.